The summed E-state index contributed by atoms with van der Waals surface area (Å²) in [5.41, 5.74) is 8.30. The number of fused-ring (bicyclic) bond motifs is 1. The minimum atomic E-state index is -0.278. The second kappa shape index (κ2) is 9.57. The highest BCUT2D eigenvalue weighted by molar-refractivity contribution is 6.03. The maximum Gasteiger partial charge on any atom is 0.261 e. The highest BCUT2D eigenvalue weighted by Crippen LogP contribution is 2.16. The summed E-state index contributed by atoms with van der Waals surface area (Å²) in [6.45, 7) is 0.978. The van der Waals surface area contributed by atoms with Crippen molar-refractivity contribution < 1.29 is 4.79 Å². The van der Waals surface area contributed by atoms with Crippen molar-refractivity contribution in [3.63, 3.8) is 0 Å². The van der Waals surface area contributed by atoms with Gasteiger partial charge in [0.15, 0.2) is 0 Å². The Morgan fingerprint density at radius 1 is 1.03 bits per heavy atom. The van der Waals surface area contributed by atoms with Crippen LogP contribution in [0.25, 0.3) is 17.0 Å². The minimum absolute atomic E-state index is 0.0682. The van der Waals surface area contributed by atoms with Gasteiger partial charge in [-0.1, -0.05) is 24.3 Å². The second-order valence-corrected chi connectivity index (χ2v) is 7.07. The number of benzene rings is 2. The van der Waals surface area contributed by atoms with E-state index in [9.17, 15) is 9.59 Å². The van der Waals surface area contributed by atoms with Crippen molar-refractivity contribution >= 4 is 40.1 Å². The van der Waals surface area contributed by atoms with Gasteiger partial charge in [-0.2, -0.15) is 0 Å². The van der Waals surface area contributed by atoms with Crippen LogP contribution in [-0.4, -0.2) is 27.0 Å². The number of aromatic nitrogens is 3. The molecule has 0 fully saturated rings. The van der Waals surface area contributed by atoms with Gasteiger partial charge in [-0.05, 0) is 48.0 Å². The quantitative estimate of drug-likeness (QED) is 0.309. The molecule has 0 aliphatic carbocycles. The summed E-state index contributed by atoms with van der Waals surface area (Å²) in [5.74, 6) is 0.394. The Hall–Kier alpha value is -4.46. The van der Waals surface area contributed by atoms with Crippen molar-refractivity contribution in [1.29, 1.82) is 0 Å². The number of pyridine rings is 1. The van der Waals surface area contributed by atoms with E-state index in [4.69, 9.17) is 5.73 Å². The van der Waals surface area contributed by atoms with Gasteiger partial charge in [0.05, 0.1) is 28.6 Å². The number of nitrogens with zero attached hydrogens (tertiary/aromatic N) is 3. The molecule has 0 unspecified atom stereocenters. The average molecular weight is 426 g/mol. The Bertz CT molecular complexity index is 1330. The zero-order chi connectivity index (χ0) is 22.3. The first-order valence-corrected chi connectivity index (χ1v) is 10.1. The van der Waals surface area contributed by atoms with Crippen molar-refractivity contribution in [1.82, 2.24) is 14.5 Å². The number of carbonyl (C=O) groups excluding carboxylic acids is 1. The van der Waals surface area contributed by atoms with E-state index in [0.717, 1.165) is 5.56 Å². The number of hydrogen-bond acceptors (Lipinski definition) is 6. The van der Waals surface area contributed by atoms with E-state index < -0.39 is 0 Å². The lowest BCUT2D eigenvalue weighted by atomic mass is 10.2. The summed E-state index contributed by atoms with van der Waals surface area (Å²) < 4.78 is 1.57. The average Bonchev–Trinajstić information content (AvgIpc) is 2.82. The predicted molar refractivity (Wildman–Crippen MR) is 127 cm³/mol. The minimum Gasteiger partial charge on any atom is -0.397 e. The van der Waals surface area contributed by atoms with Crippen LogP contribution in [0.4, 0.5) is 17.2 Å². The molecule has 0 bridgehead atoms. The molecule has 0 spiro atoms. The summed E-state index contributed by atoms with van der Waals surface area (Å²) in [4.78, 5) is 33.2. The molecule has 0 saturated carbocycles. The van der Waals surface area contributed by atoms with Crippen LogP contribution in [0.1, 0.15) is 5.56 Å². The van der Waals surface area contributed by atoms with Crippen molar-refractivity contribution in [3.05, 3.63) is 95.2 Å². The molecule has 0 saturated heterocycles. The molecule has 32 heavy (non-hydrogen) atoms. The first-order valence-electron chi connectivity index (χ1n) is 10.1. The molecular weight excluding hydrogens is 404 g/mol. The number of nitrogens with two attached hydrogens (primary N) is 1. The SMILES string of the molecule is Nc1ccccc1NC(=O)/C=C\c1ccc(NCCn2cnc3ccccc3c2=O)nc1. The van der Waals surface area contributed by atoms with Gasteiger partial charge in [-0.25, -0.2) is 9.97 Å². The first kappa shape index (κ1) is 20.8. The first-order chi connectivity index (χ1) is 15.6. The number of carbonyl (C=O) groups is 1. The molecule has 4 N–H and O–H groups in total. The predicted octanol–water partition coefficient (Wildman–Crippen LogP) is 3.14. The topological polar surface area (TPSA) is 115 Å². The molecule has 2 aromatic heterocycles. The van der Waals surface area contributed by atoms with E-state index in [1.807, 2.05) is 30.3 Å². The summed E-state index contributed by atoms with van der Waals surface area (Å²) in [6, 6.07) is 18.0. The molecule has 0 aliphatic rings. The fourth-order valence-corrected chi connectivity index (χ4v) is 3.14. The van der Waals surface area contributed by atoms with Gasteiger partial charge in [0.1, 0.15) is 5.82 Å². The van der Waals surface area contributed by atoms with Gasteiger partial charge in [0.25, 0.3) is 5.56 Å². The highest BCUT2D eigenvalue weighted by Gasteiger charge is 2.04. The zero-order valence-corrected chi connectivity index (χ0v) is 17.2. The van der Waals surface area contributed by atoms with Crippen molar-refractivity contribution in [2.24, 2.45) is 0 Å². The fourth-order valence-electron chi connectivity index (χ4n) is 3.14. The molecule has 160 valence electrons. The Morgan fingerprint density at radius 2 is 1.84 bits per heavy atom. The number of hydrogen-bond donors (Lipinski definition) is 3. The number of anilines is 3. The molecule has 4 aromatic rings. The number of nitrogens with one attached hydrogen (secondary N) is 2. The van der Waals surface area contributed by atoms with Gasteiger partial charge in [0.2, 0.25) is 5.91 Å². The van der Waals surface area contributed by atoms with Crippen LogP contribution >= 0.6 is 0 Å². The molecule has 0 atom stereocenters. The monoisotopic (exact) mass is 426 g/mol. The lowest BCUT2D eigenvalue weighted by molar-refractivity contribution is -0.111. The second-order valence-electron chi connectivity index (χ2n) is 7.07. The summed E-state index contributed by atoms with van der Waals surface area (Å²) in [5, 5.41) is 6.52. The van der Waals surface area contributed by atoms with Crippen LogP contribution in [-0.2, 0) is 11.3 Å². The lowest BCUT2D eigenvalue weighted by Gasteiger charge is -2.08. The van der Waals surface area contributed by atoms with Crippen LogP contribution in [0.15, 0.2) is 84.1 Å². The van der Waals surface area contributed by atoms with E-state index in [-0.39, 0.29) is 11.5 Å². The van der Waals surface area contributed by atoms with Crippen LogP contribution in [0.2, 0.25) is 0 Å². The van der Waals surface area contributed by atoms with Crippen molar-refractivity contribution in [3.8, 4) is 0 Å². The molecule has 2 heterocycles. The Balaban J connectivity index is 1.31. The number of amides is 1. The molecule has 1 amide bonds. The fraction of sp³-hybridized carbons (Fsp3) is 0.0833. The summed E-state index contributed by atoms with van der Waals surface area (Å²) in [7, 11) is 0. The lowest BCUT2D eigenvalue weighted by Crippen LogP contribution is -2.24. The zero-order valence-electron chi connectivity index (χ0n) is 17.2. The smallest absolute Gasteiger partial charge is 0.261 e. The Morgan fingerprint density at radius 3 is 2.66 bits per heavy atom. The molecule has 8 heteroatoms. The Labute approximate surface area is 184 Å². The normalized spacial score (nSPS) is 11.0. The van der Waals surface area contributed by atoms with E-state index in [2.05, 4.69) is 20.6 Å². The third-order valence-corrected chi connectivity index (χ3v) is 4.82. The highest BCUT2D eigenvalue weighted by atomic mass is 16.1. The van der Waals surface area contributed by atoms with E-state index in [0.29, 0.717) is 41.2 Å². The van der Waals surface area contributed by atoms with Crippen LogP contribution < -0.4 is 21.9 Å². The maximum atomic E-state index is 12.5. The van der Waals surface area contributed by atoms with E-state index in [1.165, 1.54) is 6.08 Å². The van der Waals surface area contributed by atoms with Gasteiger partial charge < -0.3 is 16.4 Å². The molecule has 8 nitrogen and oxygen atoms in total. The van der Waals surface area contributed by atoms with Gasteiger partial charge in [-0.3, -0.25) is 14.2 Å². The van der Waals surface area contributed by atoms with Crippen molar-refractivity contribution in [2.75, 3.05) is 22.9 Å². The van der Waals surface area contributed by atoms with Gasteiger partial charge >= 0.3 is 0 Å². The summed E-state index contributed by atoms with van der Waals surface area (Å²) >= 11 is 0. The molecule has 2 aromatic carbocycles. The third-order valence-electron chi connectivity index (χ3n) is 4.82. The molecular formula is C24H22N6O2. The molecule has 0 radical (unpaired) electrons. The maximum absolute atomic E-state index is 12.5. The van der Waals surface area contributed by atoms with Gasteiger partial charge in [-0.15, -0.1) is 0 Å². The molecule has 4 rings (SSSR count). The number of para-hydroxylation sites is 3. The molecule has 0 aliphatic heterocycles. The number of nitrogen functional groups attached to an aromatic ring is 1. The Kier molecular flexibility index (Phi) is 6.22. The van der Waals surface area contributed by atoms with E-state index >= 15 is 0 Å². The van der Waals surface area contributed by atoms with Crippen LogP contribution in [0.3, 0.4) is 0 Å². The largest absolute Gasteiger partial charge is 0.397 e. The van der Waals surface area contributed by atoms with Crippen molar-refractivity contribution in [2.45, 2.75) is 6.54 Å². The van der Waals surface area contributed by atoms with Crippen LogP contribution in [0.5, 0.6) is 0 Å². The third kappa shape index (κ3) is 4.99. The van der Waals surface area contributed by atoms with Gasteiger partial charge in [0, 0.05) is 25.4 Å². The standard InChI is InChI=1S/C24H22N6O2/c25-19-6-2-4-8-21(19)29-23(31)12-10-17-9-11-22(27-15-17)26-13-14-30-16-28-20-7-3-1-5-18(20)24(30)32/h1-12,15-16H,13-14,25H2,(H,26,27)(H,29,31)/b12-10-. The van der Waals surface area contributed by atoms with Crippen LogP contribution in [0, 0.1) is 0 Å². The van der Waals surface area contributed by atoms with E-state index in [1.54, 1.807) is 53.5 Å². The summed E-state index contributed by atoms with van der Waals surface area (Å²) in [6.07, 6.45) is 6.32. The number of rotatable bonds is 7.